The molecule has 1 aliphatic carbocycles. The van der Waals surface area contributed by atoms with Crippen LogP contribution in [0.3, 0.4) is 0 Å². The molecule has 0 bridgehead atoms. The average molecular weight is 199 g/mol. The van der Waals surface area contributed by atoms with Crippen LogP contribution in [0, 0.1) is 11.8 Å². The molecule has 2 heteroatoms. The van der Waals surface area contributed by atoms with Crippen molar-refractivity contribution in [1.29, 1.82) is 0 Å². The van der Waals surface area contributed by atoms with E-state index in [4.69, 9.17) is 4.74 Å². The predicted octanol–water partition coefficient (Wildman–Crippen LogP) is 2.39. The predicted molar refractivity (Wildman–Crippen MR) is 60.5 cm³/mol. The Bertz CT molecular complexity index is 152. The number of rotatable bonds is 6. The summed E-state index contributed by atoms with van der Waals surface area (Å²) in [5.74, 6) is 1.84. The van der Waals surface area contributed by atoms with E-state index in [1.807, 2.05) is 0 Å². The Morgan fingerprint density at radius 3 is 2.43 bits per heavy atom. The minimum atomic E-state index is 0.836. The molecule has 0 aliphatic heterocycles. The molecule has 84 valence electrons. The van der Waals surface area contributed by atoms with Crippen LogP contribution in [0.5, 0.6) is 0 Å². The first-order valence-corrected chi connectivity index (χ1v) is 5.92. The van der Waals surface area contributed by atoms with Crippen molar-refractivity contribution in [3.05, 3.63) is 0 Å². The van der Waals surface area contributed by atoms with Crippen LogP contribution in [0.1, 0.15) is 33.6 Å². The highest BCUT2D eigenvalue weighted by Gasteiger charge is 2.34. The molecule has 2 nitrogen and oxygen atoms in total. The maximum atomic E-state index is 5.13. The van der Waals surface area contributed by atoms with Gasteiger partial charge in [-0.2, -0.15) is 0 Å². The normalized spacial score (nSPS) is 27.0. The van der Waals surface area contributed by atoms with Crippen molar-refractivity contribution in [3.63, 3.8) is 0 Å². The van der Waals surface area contributed by atoms with E-state index in [0.29, 0.717) is 0 Å². The second-order valence-electron chi connectivity index (χ2n) is 4.75. The van der Waals surface area contributed by atoms with Crippen LogP contribution in [0.2, 0.25) is 0 Å². The van der Waals surface area contributed by atoms with Gasteiger partial charge in [-0.3, -0.25) is 4.90 Å². The third kappa shape index (κ3) is 2.96. The van der Waals surface area contributed by atoms with Crippen LogP contribution < -0.4 is 0 Å². The fourth-order valence-corrected chi connectivity index (χ4v) is 2.28. The summed E-state index contributed by atoms with van der Waals surface area (Å²) >= 11 is 0. The summed E-state index contributed by atoms with van der Waals surface area (Å²) in [6.45, 7) is 10.1. The molecule has 0 aromatic heterocycles. The van der Waals surface area contributed by atoms with E-state index >= 15 is 0 Å². The lowest BCUT2D eigenvalue weighted by atomic mass is 9.73. The Kier molecular flexibility index (Phi) is 4.90. The molecule has 0 atom stereocenters. The van der Waals surface area contributed by atoms with E-state index in [2.05, 4.69) is 25.7 Å². The summed E-state index contributed by atoms with van der Waals surface area (Å²) in [7, 11) is 1.78. The Hall–Kier alpha value is -0.0800. The van der Waals surface area contributed by atoms with Crippen molar-refractivity contribution in [2.24, 2.45) is 11.8 Å². The SMILES string of the molecule is CCN(CCOC)C1CC(C(C)C)C1. The molecule has 1 rings (SSSR count). The first-order valence-electron chi connectivity index (χ1n) is 5.92. The third-order valence-corrected chi connectivity index (χ3v) is 3.60. The van der Waals surface area contributed by atoms with E-state index < -0.39 is 0 Å². The Labute approximate surface area is 88.6 Å². The highest BCUT2D eigenvalue weighted by atomic mass is 16.5. The minimum absolute atomic E-state index is 0.836. The van der Waals surface area contributed by atoms with E-state index in [9.17, 15) is 0 Å². The Morgan fingerprint density at radius 1 is 1.36 bits per heavy atom. The molecule has 14 heavy (non-hydrogen) atoms. The van der Waals surface area contributed by atoms with Crippen LogP contribution in [0.25, 0.3) is 0 Å². The highest BCUT2D eigenvalue weighted by Crippen LogP contribution is 2.36. The zero-order valence-corrected chi connectivity index (χ0v) is 10.1. The third-order valence-electron chi connectivity index (χ3n) is 3.60. The van der Waals surface area contributed by atoms with Crippen LogP contribution in [-0.4, -0.2) is 37.7 Å². The fraction of sp³-hybridized carbons (Fsp3) is 1.00. The molecule has 0 saturated heterocycles. The molecule has 1 fully saturated rings. The second-order valence-corrected chi connectivity index (χ2v) is 4.75. The molecule has 1 aliphatic rings. The molecule has 0 amide bonds. The van der Waals surface area contributed by atoms with Gasteiger partial charge in [-0.15, -0.1) is 0 Å². The van der Waals surface area contributed by atoms with Gasteiger partial charge in [0.1, 0.15) is 0 Å². The van der Waals surface area contributed by atoms with Crippen LogP contribution in [0.4, 0.5) is 0 Å². The second kappa shape index (κ2) is 5.72. The van der Waals surface area contributed by atoms with E-state index in [1.165, 1.54) is 19.4 Å². The van der Waals surface area contributed by atoms with Gasteiger partial charge in [0.25, 0.3) is 0 Å². The first kappa shape index (κ1) is 12.0. The van der Waals surface area contributed by atoms with E-state index in [-0.39, 0.29) is 0 Å². The standard InChI is InChI=1S/C12H25NO/c1-5-13(6-7-14-4)12-8-11(9-12)10(2)3/h10-12H,5-9H2,1-4H3. The van der Waals surface area contributed by atoms with Gasteiger partial charge in [0.15, 0.2) is 0 Å². The smallest absolute Gasteiger partial charge is 0.0589 e. The first-order chi connectivity index (χ1) is 6.69. The van der Waals surface area contributed by atoms with Gasteiger partial charge in [0.05, 0.1) is 6.61 Å². The van der Waals surface area contributed by atoms with Crippen molar-refractivity contribution >= 4 is 0 Å². The van der Waals surface area contributed by atoms with Crippen LogP contribution in [-0.2, 0) is 4.74 Å². The minimum Gasteiger partial charge on any atom is -0.383 e. The van der Waals surface area contributed by atoms with Crippen molar-refractivity contribution in [2.75, 3.05) is 26.8 Å². The van der Waals surface area contributed by atoms with Gasteiger partial charge in [0, 0.05) is 19.7 Å². The molecule has 0 radical (unpaired) electrons. The van der Waals surface area contributed by atoms with Gasteiger partial charge in [-0.25, -0.2) is 0 Å². The topological polar surface area (TPSA) is 12.5 Å². The van der Waals surface area contributed by atoms with E-state index in [1.54, 1.807) is 7.11 Å². The number of methoxy groups -OCH3 is 1. The van der Waals surface area contributed by atoms with Crippen molar-refractivity contribution < 1.29 is 4.74 Å². The molecule has 0 heterocycles. The maximum Gasteiger partial charge on any atom is 0.0589 e. The van der Waals surface area contributed by atoms with Gasteiger partial charge < -0.3 is 4.74 Å². The quantitative estimate of drug-likeness (QED) is 0.651. The largest absolute Gasteiger partial charge is 0.383 e. The molecule has 0 aromatic rings. The van der Waals surface area contributed by atoms with Crippen molar-refractivity contribution in [2.45, 2.75) is 39.7 Å². The van der Waals surface area contributed by atoms with Gasteiger partial charge in [-0.1, -0.05) is 20.8 Å². The lowest BCUT2D eigenvalue weighted by Gasteiger charge is -2.44. The summed E-state index contributed by atoms with van der Waals surface area (Å²) < 4.78 is 5.13. The Balaban J connectivity index is 2.21. The molecule has 0 N–H and O–H groups in total. The van der Waals surface area contributed by atoms with Crippen molar-refractivity contribution in [3.8, 4) is 0 Å². The van der Waals surface area contributed by atoms with Gasteiger partial charge in [0.2, 0.25) is 0 Å². The summed E-state index contributed by atoms with van der Waals surface area (Å²) in [4.78, 5) is 2.56. The lowest BCUT2D eigenvalue weighted by Crippen LogP contribution is -2.47. The average Bonchev–Trinajstić information content (AvgIpc) is 2.07. The van der Waals surface area contributed by atoms with Crippen LogP contribution in [0.15, 0.2) is 0 Å². The lowest BCUT2D eigenvalue weighted by molar-refractivity contribution is 0.0402. The van der Waals surface area contributed by atoms with Crippen molar-refractivity contribution in [1.82, 2.24) is 4.90 Å². The zero-order chi connectivity index (χ0) is 10.6. The molecule has 0 aromatic carbocycles. The summed E-state index contributed by atoms with van der Waals surface area (Å²) in [5, 5.41) is 0. The van der Waals surface area contributed by atoms with E-state index in [0.717, 1.165) is 31.0 Å². The monoisotopic (exact) mass is 199 g/mol. The van der Waals surface area contributed by atoms with Gasteiger partial charge in [-0.05, 0) is 31.2 Å². The molecule has 0 spiro atoms. The Morgan fingerprint density at radius 2 is 2.00 bits per heavy atom. The maximum absolute atomic E-state index is 5.13. The number of hydrogen-bond acceptors (Lipinski definition) is 2. The highest BCUT2D eigenvalue weighted by molar-refractivity contribution is 4.88. The number of ether oxygens (including phenoxy) is 1. The van der Waals surface area contributed by atoms with Crippen LogP contribution >= 0.6 is 0 Å². The fourth-order valence-electron chi connectivity index (χ4n) is 2.28. The number of nitrogens with zero attached hydrogens (tertiary/aromatic N) is 1. The summed E-state index contributed by atoms with van der Waals surface area (Å²) in [6.07, 6.45) is 2.80. The molecule has 1 saturated carbocycles. The number of likely N-dealkylation sites (N-methyl/N-ethyl adjacent to an activating group) is 1. The van der Waals surface area contributed by atoms with Gasteiger partial charge >= 0.3 is 0 Å². The molecular formula is C12H25NO. The summed E-state index contributed by atoms with van der Waals surface area (Å²) in [6, 6.07) is 0.836. The molecule has 0 unspecified atom stereocenters. The number of hydrogen-bond donors (Lipinski definition) is 0. The zero-order valence-electron chi connectivity index (χ0n) is 10.1. The molecular weight excluding hydrogens is 174 g/mol. The summed E-state index contributed by atoms with van der Waals surface area (Å²) in [5.41, 5.74) is 0.